The Morgan fingerprint density at radius 3 is 2.72 bits per heavy atom. The van der Waals surface area contributed by atoms with E-state index in [1.807, 2.05) is 0 Å². The van der Waals surface area contributed by atoms with E-state index in [2.05, 4.69) is 9.97 Å². The van der Waals surface area contributed by atoms with Gasteiger partial charge in [-0.2, -0.15) is 13.2 Å². The molecule has 0 radical (unpaired) electrons. The van der Waals surface area contributed by atoms with Gasteiger partial charge < -0.3 is 10.7 Å². The minimum Gasteiger partial charge on any atom is -0.348 e. The molecule has 2 aromatic rings. The fourth-order valence-electron chi connectivity index (χ4n) is 1.75. The maximum Gasteiger partial charge on any atom is 0.416 e. The van der Waals surface area contributed by atoms with Crippen molar-refractivity contribution < 1.29 is 13.2 Å². The topological polar surface area (TPSA) is 54.7 Å². The van der Waals surface area contributed by atoms with E-state index in [4.69, 9.17) is 5.73 Å². The molecule has 1 aromatic heterocycles. The van der Waals surface area contributed by atoms with Crippen molar-refractivity contribution in [1.29, 1.82) is 0 Å². The van der Waals surface area contributed by atoms with E-state index in [0.29, 0.717) is 24.2 Å². The van der Waals surface area contributed by atoms with Crippen LogP contribution in [0.4, 0.5) is 13.2 Å². The summed E-state index contributed by atoms with van der Waals surface area (Å²) in [6.45, 7) is 0.411. The molecule has 18 heavy (non-hydrogen) atoms. The van der Waals surface area contributed by atoms with Gasteiger partial charge in [-0.25, -0.2) is 4.98 Å². The molecule has 3 nitrogen and oxygen atoms in total. The number of hydrogen-bond donors (Lipinski definition) is 2. The van der Waals surface area contributed by atoms with Crippen molar-refractivity contribution in [1.82, 2.24) is 9.97 Å². The molecule has 0 spiro atoms. The zero-order valence-electron chi connectivity index (χ0n) is 9.46. The maximum absolute atomic E-state index is 12.6. The number of nitrogens with one attached hydrogen (secondary N) is 1. The maximum atomic E-state index is 12.6. The molecular formula is C12H12F3N3. The molecule has 0 bridgehead atoms. The van der Waals surface area contributed by atoms with Crippen molar-refractivity contribution in [3.05, 3.63) is 41.9 Å². The summed E-state index contributed by atoms with van der Waals surface area (Å²) < 4.78 is 37.8. The third-order valence-corrected chi connectivity index (χ3v) is 2.58. The highest BCUT2D eigenvalue weighted by atomic mass is 19.4. The summed E-state index contributed by atoms with van der Waals surface area (Å²) >= 11 is 0. The van der Waals surface area contributed by atoms with Gasteiger partial charge in [0, 0.05) is 17.7 Å². The second kappa shape index (κ2) is 4.81. The molecular weight excluding hydrogens is 243 g/mol. The number of rotatable bonds is 3. The van der Waals surface area contributed by atoms with Crippen molar-refractivity contribution in [2.45, 2.75) is 12.6 Å². The van der Waals surface area contributed by atoms with Crippen LogP contribution in [0.1, 0.15) is 11.3 Å². The van der Waals surface area contributed by atoms with Gasteiger partial charge in [0.15, 0.2) is 0 Å². The Morgan fingerprint density at radius 2 is 2.06 bits per heavy atom. The summed E-state index contributed by atoms with van der Waals surface area (Å²) in [5, 5.41) is 0. The lowest BCUT2D eigenvalue weighted by molar-refractivity contribution is -0.137. The predicted molar refractivity (Wildman–Crippen MR) is 61.8 cm³/mol. The molecule has 0 unspecified atom stereocenters. The van der Waals surface area contributed by atoms with Crippen molar-refractivity contribution in [2.24, 2.45) is 5.73 Å². The third-order valence-electron chi connectivity index (χ3n) is 2.58. The van der Waals surface area contributed by atoms with E-state index in [0.717, 1.165) is 17.8 Å². The van der Waals surface area contributed by atoms with Gasteiger partial charge in [0.25, 0.3) is 0 Å². The molecule has 2 rings (SSSR count). The quantitative estimate of drug-likeness (QED) is 0.885. The van der Waals surface area contributed by atoms with E-state index in [-0.39, 0.29) is 0 Å². The molecule has 6 heteroatoms. The summed E-state index contributed by atoms with van der Waals surface area (Å²) in [4.78, 5) is 6.94. The third kappa shape index (κ3) is 2.53. The average Bonchev–Trinajstić information content (AvgIpc) is 2.77. The van der Waals surface area contributed by atoms with Gasteiger partial charge in [0.1, 0.15) is 0 Å². The van der Waals surface area contributed by atoms with Crippen LogP contribution in [-0.4, -0.2) is 16.5 Å². The molecule has 96 valence electrons. The molecule has 0 atom stereocenters. The minimum absolute atomic E-state index is 0.411. The average molecular weight is 255 g/mol. The van der Waals surface area contributed by atoms with Crippen LogP contribution in [0.5, 0.6) is 0 Å². The van der Waals surface area contributed by atoms with Crippen LogP contribution in [0.25, 0.3) is 11.3 Å². The smallest absolute Gasteiger partial charge is 0.348 e. The van der Waals surface area contributed by atoms with Gasteiger partial charge in [-0.3, -0.25) is 0 Å². The normalized spacial score (nSPS) is 11.8. The number of H-pyrrole nitrogens is 1. The SMILES string of the molecule is NCCc1[nH]cnc1-c1cccc(C(F)(F)F)c1. The van der Waals surface area contributed by atoms with Crippen molar-refractivity contribution >= 4 is 0 Å². The van der Waals surface area contributed by atoms with Crippen LogP contribution in [0, 0.1) is 0 Å². The van der Waals surface area contributed by atoms with E-state index < -0.39 is 11.7 Å². The first-order valence-corrected chi connectivity index (χ1v) is 5.42. The Morgan fingerprint density at radius 1 is 1.28 bits per heavy atom. The van der Waals surface area contributed by atoms with Crippen molar-refractivity contribution in [3.63, 3.8) is 0 Å². The van der Waals surface area contributed by atoms with Crippen LogP contribution in [0.2, 0.25) is 0 Å². The fourth-order valence-corrected chi connectivity index (χ4v) is 1.75. The first-order valence-electron chi connectivity index (χ1n) is 5.42. The first kappa shape index (κ1) is 12.6. The van der Waals surface area contributed by atoms with E-state index in [9.17, 15) is 13.2 Å². The van der Waals surface area contributed by atoms with Crippen LogP contribution in [0.15, 0.2) is 30.6 Å². The summed E-state index contributed by atoms with van der Waals surface area (Å²) in [6, 6.07) is 5.11. The van der Waals surface area contributed by atoms with Crippen LogP contribution in [-0.2, 0) is 12.6 Å². The Labute approximate surface area is 102 Å². The second-order valence-corrected chi connectivity index (χ2v) is 3.85. The molecule has 1 heterocycles. The summed E-state index contributed by atoms with van der Waals surface area (Å²) in [6.07, 6.45) is -2.34. The molecule has 1 aromatic carbocycles. The fraction of sp³-hybridized carbons (Fsp3) is 0.250. The standard InChI is InChI=1S/C12H12F3N3/c13-12(14,15)9-3-1-2-8(6-9)11-10(4-5-16)17-7-18-11/h1-3,6-7H,4-5,16H2,(H,17,18). The number of hydrogen-bond acceptors (Lipinski definition) is 2. The van der Waals surface area contributed by atoms with E-state index in [1.54, 1.807) is 6.07 Å². The number of halogens is 3. The lowest BCUT2D eigenvalue weighted by Crippen LogP contribution is -2.06. The number of nitrogens with two attached hydrogens (primary N) is 1. The molecule has 0 saturated heterocycles. The first-order chi connectivity index (χ1) is 8.52. The number of aromatic amines is 1. The lowest BCUT2D eigenvalue weighted by atomic mass is 10.1. The monoisotopic (exact) mass is 255 g/mol. The van der Waals surface area contributed by atoms with Gasteiger partial charge in [0.2, 0.25) is 0 Å². The predicted octanol–water partition coefficient (Wildman–Crippen LogP) is 2.60. The van der Waals surface area contributed by atoms with Gasteiger partial charge in [-0.15, -0.1) is 0 Å². The molecule has 0 aliphatic heterocycles. The van der Waals surface area contributed by atoms with Gasteiger partial charge in [-0.1, -0.05) is 12.1 Å². The number of aromatic nitrogens is 2. The molecule has 3 N–H and O–H groups in total. The molecule has 0 amide bonds. The van der Waals surface area contributed by atoms with Crippen LogP contribution < -0.4 is 5.73 Å². The van der Waals surface area contributed by atoms with Crippen LogP contribution in [0.3, 0.4) is 0 Å². The largest absolute Gasteiger partial charge is 0.416 e. The number of alkyl halides is 3. The van der Waals surface area contributed by atoms with Gasteiger partial charge in [0.05, 0.1) is 17.6 Å². The summed E-state index contributed by atoms with van der Waals surface area (Å²) in [5.41, 5.74) is 6.47. The molecule has 0 fully saturated rings. The Kier molecular flexibility index (Phi) is 3.38. The Balaban J connectivity index is 2.42. The Bertz CT molecular complexity index is 531. The summed E-state index contributed by atoms with van der Waals surface area (Å²) in [7, 11) is 0. The van der Waals surface area contributed by atoms with E-state index in [1.165, 1.54) is 12.4 Å². The number of imidazole rings is 1. The number of benzene rings is 1. The second-order valence-electron chi connectivity index (χ2n) is 3.85. The molecule has 0 aliphatic carbocycles. The highest BCUT2D eigenvalue weighted by Crippen LogP contribution is 2.32. The lowest BCUT2D eigenvalue weighted by Gasteiger charge is -2.08. The van der Waals surface area contributed by atoms with Crippen molar-refractivity contribution in [3.8, 4) is 11.3 Å². The molecule has 0 saturated carbocycles. The highest BCUT2D eigenvalue weighted by molar-refractivity contribution is 5.62. The van der Waals surface area contributed by atoms with E-state index >= 15 is 0 Å². The molecule has 0 aliphatic rings. The zero-order chi connectivity index (χ0) is 13.2. The van der Waals surface area contributed by atoms with Crippen LogP contribution >= 0.6 is 0 Å². The number of nitrogens with zero attached hydrogens (tertiary/aromatic N) is 1. The van der Waals surface area contributed by atoms with Gasteiger partial charge in [-0.05, 0) is 18.7 Å². The van der Waals surface area contributed by atoms with Gasteiger partial charge >= 0.3 is 6.18 Å². The Hall–Kier alpha value is -1.82. The van der Waals surface area contributed by atoms with Crippen molar-refractivity contribution in [2.75, 3.05) is 6.54 Å². The summed E-state index contributed by atoms with van der Waals surface area (Å²) in [5.74, 6) is 0. The minimum atomic E-state index is -4.35. The highest BCUT2D eigenvalue weighted by Gasteiger charge is 2.30. The zero-order valence-corrected chi connectivity index (χ0v) is 9.46.